The highest BCUT2D eigenvalue weighted by atomic mass is 16.5. The van der Waals surface area contributed by atoms with E-state index in [0.29, 0.717) is 37.4 Å². The Morgan fingerprint density at radius 1 is 1.11 bits per heavy atom. The third-order valence-corrected chi connectivity index (χ3v) is 3.95. The Hall–Kier alpha value is -3.26. The van der Waals surface area contributed by atoms with Gasteiger partial charge in [-0.1, -0.05) is 30.3 Å². The molecule has 0 aromatic heterocycles. The van der Waals surface area contributed by atoms with Crippen LogP contribution in [-0.2, 0) is 17.6 Å². The predicted molar refractivity (Wildman–Crippen MR) is 103 cm³/mol. The number of ether oxygens (including phenoxy) is 3. The van der Waals surface area contributed by atoms with E-state index in [1.54, 1.807) is 19.2 Å². The lowest BCUT2D eigenvalue weighted by molar-refractivity contribution is -0.109. The average molecular weight is 365 g/mol. The lowest BCUT2D eigenvalue weighted by Gasteiger charge is -2.14. The van der Waals surface area contributed by atoms with Crippen LogP contribution in [0.15, 0.2) is 55.1 Å². The maximum atomic E-state index is 10.8. The van der Waals surface area contributed by atoms with Gasteiger partial charge in [0.25, 0.3) is 0 Å². The summed E-state index contributed by atoms with van der Waals surface area (Å²) in [6, 6.07) is 15.2. The van der Waals surface area contributed by atoms with Crippen molar-refractivity contribution in [2.24, 2.45) is 5.92 Å². The molecule has 0 fully saturated rings. The fourth-order valence-electron chi connectivity index (χ4n) is 2.61. The van der Waals surface area contributed by atoms with E-state index in [1.807, 2.05) is 42.5 Å². The number of methoxy groups -OCH3 is 1. The normalized spacial score (nSPS) is 11.1. The van der Waals surface area contributed by atoms with Crippen LogP contribution < -0.4 is 14.2 Å². The van der Waals surface area contributed by atoms with Crippen molar-refractivity contribution in [1.29, 1.82) is 5.26 Å². The number of rotatable bonds is 11. The molecule has 2 aromatic carbocycles. The first-order chi connectivity index (χ1) is 13.2. The number of allylic oxidation sites excluding steroid dienone is 1. The third kappa shape index (κ3) is 5.89. The van der Waals surface area contributed by atoms with E-state index in [1.165, 1.54) is 0 Å². The lowest BCUT2D eigenvalue weighted by Crippen LogP contribution is -2.10. The number of carbonyl (C=O) groups is 1. The van der Waals surface area contributed by atoms with E-state index < -0.39 is 5.92 Å². The van der Waals surface area contributed by atoms with E-state index in [9.17, 15) is 4.79 Å². The first kappa shape index (κ1) is 20.1. The molecule has 2 aromatic rings. The highest BCUT2D eigenvalue weighted by molar-refractivity contribution is 5.58. The van der Waals surface area contributed by atoms with Crippen LogP contribution in [0.5, 0.6) is 17.2 Å². The average Bonchev–Trinajstić information content (AvgIpc) is 2.71. The summed E-state index contributed by atoms with van der Waals surface area (Å²) in [5.41, 5.74) is 1.92. The van der Waals surface area contributed by atoms with Crippen LogP contribution >= 0.6 is 0 Å². The number of carbonyl (C=O) groups excluding carboxylic acids is 1. The largest absolute Gasteiger partial charge is 0.493 e. The number of nitrogens with zero attached hydrogens (tertiary/aromatic N) is 1. The van der Waals surface area contributed by atoms with Gasteiger partial charge in [0, 0.05) is 0 Å². The summed E-state index contributed by atoms with van der Waals surface area (Å²) in [7, 11) is 1.55. The number of aldehydes is 1. The summed E-state index contributed by atoms with van der Waals surface area (Å²) in [6.07, 6.45) is 3.58. The van der Waals surface area contributed by atoms with Crippen LogP contribution in [0.25, 0.3) is 0 Å². The summed E-state index contributed by atoms with van der Waals surface area (Å²) >= 11 is 0. The molecule has 0 saturated heterocycles. The molecule has 5 nitrogen and oxygen atoms in total. The van der Waals surface area contributed by atoms with Crippen LogP contribution in [0.4, 0.5) is 0 Å². The monoisotopic (exact) mass is 365 g/mol. The van der Waals surface area contributed by atoms with Crippen molar-refractivity contribution < 1.29 is 19.0 Å². The minimum atomic E-state index is -0.662. The van der Waals surface area contributed by atoms with Gasteiger partial charge in [0.2, 0.25) is 0 Å². The number of nitriles is 1. The molecule has 0 aliphatic heterocycles. The summed E-state index contributed by atoms with van der Waals surface area (Å²) < 4.78 is 16.9. The number of hydrogen-bond acceptors (Lipinski definition) is 5. The zero-order chi connectivity index (χ0) is 19.5. The minimum Gasteiger partial charge on any atom is -0.493 e. The molecule has 0 N–H and O–H groups in total. The van der Waals surface area contributed by atoms with E-state index in [0.717, 1.165) is 23.3 Å². The van der Waals surface area contributed by atoms with E-state index >= 15 is 0 Å². The maximum absolute atomic E-state index is 10.8. The Bertz CT molecular complexity index is 810. The predicted octanol–water partition coefficient (Wildman–Crippen LogP) is 3.76. The SMILES string of the molecule is C=CCc1ccccc1OCCOc1ccc(CC(C#N)C=O)cc1OC. The summed E-state index contributed by atoms with van der Waals surface area (Å²) in [5, 5.41) is 8.90. The van der Waals surface area contributed by atoms with Gasteiger partial charge in [0.1, 0.15) is 31.2 Å². The van der Waals surface area contributed by atoms with Crippen molar-refractivity contribution >= 4 is 6.29 Å². The molecule has 0 bridgehead atoms. The van der Waals surface area contributed by atoms with Gasteiger partial charge < -0.3 is 19.0 Å². The van der Waals surface area contributed by atoms with Crippen LogP contribution in [0.1, 0.15) is 11.1 Å². The van der Waals surface area contributed by atoms with Crippen LogP contribution in [-0.4, -0.2) is 26.6 Å². The second-order valence-corrected chi connectivity index (χ2v) is 5.86. The lowest BCUT2D eigenvalue weighted by atomic mass is 10.0. The van der Waals surface area contributed by atoms with E-state index in [4.69, 9.17) is 19.5 Å². The van der Waals surface area contributed by atoms with Crippen molar-refractivity contribution in [2.45, 2.75) is 12.8 Å². The molecular weight excluding hydrogens is 342 g/mol. The molecular formula is C22H23NO4. The number of benzene rings is 2. The fourth-order valence-corrected chi connectivity index (χ4v) is 2.61. The van der Waals surface area contributed by atoms with Crippen molar-refractivity contribution in [3.8, 4) is 23.3 Å². The molecule has 0 aliphatic rings. The zero-order valence-corrected chi connectivity index (χ0v) is 15.4. The highest BCUT2D eigenvalue weighted by Gasteiger charge is 2.11. The van der Waals surface area contributed by atoms with Crippen LogP contribution in [0.2, 0.25) is 0 Å². The number of para-hydroxylation sites is 1. The molecule has 0 heterocycles. The quantitative estimate of drug-likeness (QED) is 0.344. The molecule has 5 heteroatoms. The molecule has 0 amide bonds. The first-order valence-electron chi connectivity index (χ1n) is 8.68. The molecule has 1 unspecified atom stereocenters. The van der Waals surface area contributed by atoms with Crippen molar-refractivity contribution in [3.63, 3.8) is 0 Å². The van der Waals surface area contributed by atoms with Gasteiger partial charge in [0.15, 0.2) is 11.5 Å². The second-order valence-electron chi connectivity index (χ2n) is 5.86. The van der Waals surface area contributed by atoms with Gasteiger partial charge in [-0.2, -0.15) is 5.26 Å². The van der Waals surface area contributed by atoms with Crippen LogP contribution in [0.3, 0.4) is 0 Å². The third-order valence-electron chi connectivity index (χ3n) is 3.95. The molecule has 27 heavy (non-hydrogen) atoms. The molecule has 0 aliphatic carbocycles. The molecule has 0 spiro atoms. The second kappa shape index (κ2) is 10.7. The highest BCUT2D eigenvalue weighted by Crippen LogP contribution is 2.29. The smallest absolute Gasteiger partial charge is 0.161 e. The Labute approximate surface area is 159 Å². The minimum absolute atomic E-state index is 0.347. The van der Waals surface area contributed by atoms with Gasteiger partial charge in [-0.25, -0.2) is 0 Å². The van der Waals surface area contributed by atoms with Gasteiger partial charge in [-0.15, -0.1) is 6.58 Å². The number of hydrogen-bond donors (Lipinski definition) is 0. The Morgan fingerprint density at radius 3 is 2.52 bits per heavy atom. The standard InChI is InChI=1S/C22H23NO4/c1-3-6-19-7-4-5-8-20(19)26-11-12-27-21-10-9-17(14-22(21)25-2)13-18(15-23)16-24/h3-5,7-10,14,16,18H,1,6,11-13H2,2H3. The van der Waals surface area contributed by atoms with E-state index in [2.05, 4.69) is 6.58 Å². The summed E-state index contributed by atoms with van der Waals surface area (Å²) in [6.45, 7) is 4.50. The van der Waals surface area contributed by atoms with Gasteiger partial charge in [-0.05, 0) is 42.2 Å². The molecule has 2 rings (SSSR count). The Balaban J connectivity index is 1.93. The summed E-state index contributed by atoms with van der Waals surface area (Å²) in [5.74, 6) is 1.30. The molecule has 0 radical (unpaired) electrons. The topological polar surface area (TPSA) is 68.5 Å². The van der Waals surface area contributed by atoms with Gasteiger partial charge >= 0.3 is 0 Å². The van der Waals surface area contributed by atoms with Crippen molar-refractivity contribution in [2.75, 3.05) is 20.3 Å². The van der Waals surface area contributed by atoms with Crippen molar-refractivity contribution in [1.82, 2.24) is 0 Å². The molecule has 140 valence electrons. The van der Waals surface area contributed by atoms with Crippen LogP contribution in [0, 0.1) is 17.2 Å². The van der Waals surface area contributed by atoms with Crippen molar-refractivity contribution in [3.05, 3.63) is 66.2 Å². The zero-order valence-electron chi connectivity index (χ0n) is 15.4. The molecule has 1 atom stereocenters. The Morgan fingerprint density at radius 2 is 1.85 bits per heavy atom. The first-order valence-corrected chi connectivity index (χ1v) is 8.68. The van der Waals surface area contributed by atoms with Gasteiger partial charge in [-0.3, -0.25) is 0 Å². The van der Waals surface area contributed by atoms with E-state index in [-0.39, 0.29) is 0 Å². The molecule has 0 saturated carbocycles. The van der Waals surface area contributed by atoms with Gasteiger partial charge in [0.05, 0.1) is 13.2 Å². The maximum Gasteiger partial charge on any atom is 0.161 e. The summed E-state index contributed by atoms with van der Waals surface area (Å²) in [4.78, 5) is 10.8. The fraction of sp³-hybridized carbons (Fsp3) is 0.273. The Kier molecular flexibility index (Phi) is 7.92.